The average molecular weight is 228 g/mol. The second kappa shape index (κ2) is 8.97. The molecule has 0 unspecified atom stereocenters. The van der Waals surface area contributed by atoms with Gasteiger partial charge in [-0.2, -0.15) is 0 Å². The highest BCUT2D eigenvalue weighted by molar-refractivity contribution is 4.65. The van der Waals surface area contributed by atoms with E-state index in [1.807, 2.05) is 7.05 Å². The lowest BCUT2D eigenvalue weighted by molar-refractivity contribution is 0.0610. The lowest BCUT2D eigenvalue weighted by Crippen LogP contribution is -2.25. The van der Waals surface area contributed by atoms with Gasteiger partial charge in [-0.25, -0.2) is 0 Å². The Morgan fingerprint density at radius 3 is 2.62 bits per heavy atom. The van der Waals surface area contributed by atoms with Crippen LogP contribution < -0.4 is 5.32 Å². The molecule has 1 fully saturated rings. The highest BCUT2D eigenvalue weighted by Crippen LogP contribution is 2.18. The van der Waals surface area contributed by atoms with E-state index in [9.17, 15) is 0 Å². The molecule has 1 N–H and O–H groups in total. The molecule has 0 aromatic carbocycles. The topological polar surface area (TPSA) is 24.5 Å². The van der Waals surface area contributed by atoms with Crippen LogP contribution in [0.5, 0.6) is 0 Å². The van der Waals surface area contributed by atoms with Crippen molar-refractivity contribution in [3.05, 3.63) is 0 Å². The van der Waals surface area contributed by atoms with Crippen molar-refractivity contribution in [2.45, 2.75) is 32.1 Å². The van der Waals surface area contributed by atoms with E-state index < -0.39 is 0 Å². The van der Waals surface area contributed by atoms with Gasteiger partial charge in [-0.15, -0.1) is 0 Å². The molecule has 0 radical (unpaired) electrons. The summed E-state index contributed by atoms with van der Waals surface area (Å²) in [6.45, 7) is 5.61. The molecular weight excluding hydrogens is 200 g/mol. The molecule has 0 spiro atoms. The van der Waals surface area contributed by atoms with Gasteiger partial charge in [0.25, 0.3) is 0 Å². The summed E-state index contributed by atoms with van der Waals surface area (Å²) < 4.78 is 5.38. The lowest BCUT2D eigenvalue weighted by Gasteiger charge is -2.24. The summed E-state index contributed by atoms with van der Waals surface area (Å²) in [6, 6.07) is 0. The molecule has 1 aliphatic rings. The number of ether oxygens (including phenoxy) is 1. The van der Waals surface area contributed by atoms with Crippen LogP contribution in [0.2, 0.25) is 0 Å². The number of nitrogens with zero attached hydrogens (tertiary/aromatic N) is 1. The third kappa shape index (κ3) is 6.46. The molecule has 0 aromatic heterocycles. The SMILES string of the molecule is CNCCCCN(C)CCC1CCOCC1. The van der Waals surface area contributed by atoms with Crippen LogP contribution in [0, 0.1) is 5.92 Å². The van der Waals surface area contributed by atoms with E-state index in [0.717, 1.165) is 25.7 Å². The Bertz CT molecular complexity index is 158. The third-order valence-electron chi connectivity index (χ3n) is 3.48. The van der Waals surface area contributed by atoms with Gasteiger partial charge in [0.1, 0.15) is 0 Å². The average Bonchev–Trinajstić information content (AvgIpc) is 2.33. The first-order valence-corrected chi connectivity index (χ1v) is 6.74. The number of nitrogens with one attached hydrogen (secondary N) is 1. The standard InChI is InChI=1S/C13H28N2O/c1-14-8-3-4-9-15(2)10-5-13-6-11-16-12-7-13/h13-14H,3-12H2,1-2H3. The van der Waals surface area contributed by atoms with Crippen molar-refractivity contribution in [3.63, 3.8) is 0 Å². The quantitative estimate of drug-likeness (QED) is 0.640. The third-order valence-corrected chi connectivity index (χ3v) is 3.48. The molecule has 1 rings (SSSR count). The monoisotopic (exact) mass is 228 g/mol. The summed E-state index contributed by atoms with van der Waals surface area (Å²) >= 11 is 0. The Morgan fingerprint density at radius 2 is 1.94 bits per heavy atom. The molecule has 16 heavy (non-hydrogen) atoms. The number of rotatable bonds is 8. The Balaban J connectivity index is 1.94. The maximum Gasteiger partial charge on any atom is 0.0468 e. The molecule has 0 saturated carbocycles. The van der Waals surface area contributed by atoms with Crippen LogP contribution in [0.3, 0.4) is 0 Å². The summed E-state index contributed by atoms with van der Waals surface area (Å²) in [7, 11) is 4.27. The van der Waals surface area contributed by atoms with E-state index in [1.54, 1.807) is 0 Å². The molecule has 3 nitrogen and oxygen atoms in total. The van der Waals surface area contributed by atoms with E-state index in [0.29, 0.717) is 0 Å². The van der Waals surface area contributed by atoms with Crippen LogP contribution in [0.25, 0.3) is 0 Å². The maximum atomic E-state index is 5.38. The van der Waals surface area contributed by atoms with Crippen LogP contribution in [0.15, 0.2) is 0 Å². The first-order valence-electron chi connectivity index (χ1n) is 6.74. The Labute approximate surface area is 101 Å². The van der Waals surface area contributed by atoms with Crippen LogP contribution in [0.4, 0.5) is 0 Å². The lowest BCUT2D eigenvalue weighted by atomic mass is 9.96. The van der Waals surface area contributed by atoms with Crippen LogP contribution in [-0.2, 0) is 4.74 Å². The highest BCUT2D eigenvalue weighted by atomic mass is 16.5. The molecule has 1 heterocycles. The predicted octanol–water partition coefficient (Wildman–Crippen LogP) is 1.73. The molecule has 0 bridgehead atoms. The van der Waals surface area contributed by atoms with Crippen LogP contribution in [0.1, 0.15) is 32.1 Å². The van der Waals surface area contributed by atoms with E-state index in [-0.39, 0.29) is 0 Å². The largest absolute Gasteiger partial charge is 0.381 e. The summed E-state index contributed by atoms with van der Waals surface area (Å²) in [5, 5.41) is 3.19. The van der Waals surface area contributed by atoms with Crippen LogP contribution >= 0.6 is 0 Å². The number of hydrogen-bond acceptors (Lipinski definition) is 3. The zero-order valence-corrected chi connectivity index (χ0v) is 11.0. The normalized spacial score (nSPS) is 18.2. The van der Waals surface area contributed by atoms with Crippen molar-refractivity contribution in [2.24, 2.45) is 5.92 Å². The van der Waals surface area contributed by atoms with Gasteiger partial charge in [0.2, 0.25) is 0 Å². The van der Waals surface area contributed by atoms with Gasteiger partial charge in [0.15, 0.2) is 0 Å². The molecule has 0 amide bonds. The minimum Gasteiger partial charge on any atom is -0.381 e. The molecule has 3 heteroatoms. The van der Waals surface area contributed by atoms with E-state index in [2.05, 4.69) is 17.3 Å². The first kappa shape index (κ1) is 13.9. The zero-order valence-electron chi connectivity index (χ0n) is 11.0. The fourth-order valence-corrected chi connectivity index (χ4v) is 2.23. The second-order valence-electron chi connectivity index (χ2n) is 4.96. The minimum atomic E-state index is 0.911. The summed E-state index contributed by atoms with van der Waals surface area (Å²) in [4.78, 5) is 2.48. The number of hydrogen-bond donors (Lipinski definition) is 1. The molecule has 1 saturated heterocycles. The Hall–Kier alpha value is -0.120. The summed E-state index contributed by atoms with van der Waals surface area (Å²) in [6.07, 6.45) is 6.50. The molecule has 0 aromatic rings. The van der Waals surface area contributed by atoms with Gasteiger partial charge >= 0.3 is 0 Å². The summed E-state index contributed by atoms with van der Waals surface area (Å²) in [5.41, 5.74) is 0. The zero-order chi connectivity index (χ0) is 11.6. The van der Waals surface area contributed by atoms with Gasteiger partial charge in [-0.05, 0) is 71.8 Å². The van der Waals surface area contributed by atoms with Gasteiger partial charge in [0.05, 0.1) is 0 Å². The second-order valence-corrected chi connectivity index (χ2v) is 4.96. The predicted molar refractivity (Wildman–Crippen MR) is 68.8 cm³/mol. The van der Waals surface area contributed by atoms with Crippen molar-refractivity contribution in [3.8, 4) is 0 Å². The molecule has 96 valence electrons. The van der Waals surface area contributed by atoms with Gasteiger partial charge in [0, 0.05) is 13.2 Å². The molecule has 1 aliphatic heterocycles. The first-order chi connectivity index (χ1) is 7.83. The highest BCUT2D eigenvalue weighted by Gasteiger charge is 2.13. The van der Waals surface area contributed by atoms with Crippen LogP contribution in [-0.4, -0.2) is 51.8 Å². The van der Waals surface area contributed by atoms with Crippen molar-refractivity contribution < 1.29 is 4.74 Å². The van der Waals surface area contributed by atoms with E-state index in [4.69, 9.17) is 4.74 Å². The van der Waals surface area contributed by atoms with Crippen molar-refractivity contribution in [1.29, 1.82) is 0 Å². The Kier molecular flexibility index (Phi) is 7.81. The van der Waals surface area contributed by atoms with E-state index in [1.165, 1.54) is 45.2 Å². The smallest absolute Gasteiger partial charge is 0.0468 e. The van der Waals surface area contributed by atoms with Crippen molar-refractivity contribution >= 4 is 0 Å². The van der Waals surface area contributed by atoms with Crippen molar-refractivity contribution in [1.82, 2.24) is 10.2 Å². The summed E-state index contributed by atoms with van der Waals surface area (Å²) in [5.74, 6) is 0.911. The molecular formula is C13H28N2O. The Morgan fingerprint density at radius 1 is 1.19 bits per heavy atom. The van der Waals surface area contributed by atoms with Crippen molar-refractivity contribution in [2.75, 3.05) is 46.9 Å². The fourth-order valence-electron chi connectivity index (χ4n) is 2.23. The van der Waals surface area contributed by atoms with Gasteiger partial charge in [-0.1, -0.05) is 0 Å². The minimum absolute atomic E-state index is 0.911. The molecule has 0 aliphatic carbocycles. The molecule has 0 atom stereocenters. The van der Waals surface area contributed by atoms with Gasteiger partial charge in [-0.3, -0.25) is 0 Å². The fraction of sp³-hybridized carbons (Fsp3) is 1.00. The van der Waals surface area contributed by atoms with Gasteiger partial charge < -0.3 is 15.0 Å². The van der Waals surface area contributed by atoms with E-state index >= 15 is 0 Å². The number of unbranched alkanes of at least 4 members (excludes halogenated alkanes) is 1. The maximum absolute atomic E-state index is 5.38.